The minimum absolute atomic E-state index is 0.115. The van der Waals surface area contributed by atoms with Crippen LogP contribution in [0, 0.1) is 17.2 Å². The van der Waals surface area contributed by atoms with E-state index in [1.165, 1.54) is 6.20 Å². The molecular weight excluding hydrogens is 408 g/mol. The highest BCUT2D eigenvalue weighted by molar-refractivity contribution is 5.85. The van der Waals surface area contributed by atoms with Gasteiger partial charge in [0.25, 0.3) is 0 Å². The maximum atomic E-state index is 11.6. The summed E-state index contributed by atoms with van der Waals surface area (Å²) in [5.74, 6) is 1.43. The Hall–Kier alpha value is -4.06. The first kappa shape index (κ1) is 22.6. The van der Waals surface area contributed by atoms with Crippen molar-refractivity contribution < 1.29 is 14.3 Å². The van der Waals surface area contributed by atoms with Crippen molar-refractivity contribution in [2.24, 2.45) is 5.92 Å². The molecule has 32 heavy (non-hydrogen) atoms. The summed E-state index contributed by atoms with van der Waals surface area (Å²) >= 11 is 0. The maximum absolute atomic E-state index is 11.6. The van der Waals surface area contributed by atoms with Crippen molar-refractivity contribution in [2.75, 3.05) is 31.6 Å². The zero-order valence-electron chi connectivity index (χ0n) is 18.2. The Kier molecular flexibility index (Phi) is 7.65. The fourth-order valence-electron chi connectivity index (χ4n) is 2.98. The minimum atomic E-state index is -0.462. The third kappa shape index (κ3) is 5.55. The van der Waals surface area contributed by atoms with E-state index >= 15 is 0 Å². The number of carbonyl (C=O) groups excluding carboxylic acids is 1. The standard InChI is InChI=1S/C23H26N6O3/c1-4-16(3)15-32-23(30)26-9-8-25-21-7-6-17(12-27-21)20-10-19(31-5-2)14-29-22(20)18(11-24)13-28-29/h4,6-7,10,12-14,16H,1,5,8-9,15H2,2-3H3,(H,25,27)(H,26,30). The molecule has 3 aromatic heterocycles. The molecule has 9 nitrogen and oxygen atoms in total. The Morgan fingerprint density at radius 3 is 2.91 bits per heavy atom. The normalized spacial score (nSPS) is 11.4. The third-order valence-corrected chi connectivity index (χ3v) is 4.67. The molecule has 0 fully saturated rings. The van der Waals surface area contributed by atoms with E-state index in [1.807, 2.05) is 32.0 Å². The van der Waals surface area contributed by atoms with Gasteiger partial charge in [-0.3, -0.25) is 0 Å². The van der Waals surface area contributed by atoms with E-state index in [0.29, 0.717) is 49.0 Å². The summed E-state index contributed by atoms with van der Waals surface area (Å²) in [5.41, 5.74) is 2.82. The number of hydrogen-bond donors (Lipinski definition) is 2. The predicted octanol–water partition coefficient (Wildman–Crippen LogP) is 3.63. The second-order valence-corrected chi connectivity index (χ2v) is 7.08. The minimum Gasteiger partial charge on any atom is -0.492 e. The third-order valence-electron chi connectivity index (χ3n) is 4.67. The van der Waals surface area contributed by atoms with Crippen LogP contribution in [0.5, 0.6) is 5.75 Å². The van der Waals surface area contributed by atoms with Crippen LogP contribution in [0.3, 0.4) is 0 Å². The zero-order valence-corrected chi connectivity index (χ0v) is 18.2. The van der Waals surface area contributed by atoms with E-state index < -0.39 is 6.09 Å². The molecule has 9 heteroatoms. The first-order valence-electron chi connectivity index (χ1n) is 10.3. The van der Waals surface area contributed by atoms with Crippen LogP contribution >= 0.6 is 0 Å². The van der Waals surface area contributed by atoms with Crippen LogP contribution < -0.4 is 15.4 Å². The average molecular weight is 435 g/mol. The second kappa shape index (κ2) is 10.8. The molecular formula is C23H26N6O3. The molecule has 0 spiro atoms. The molecule has 0 saturated carbocycles. The number of amides is 1. The smallest absolute Gasteiger partial charge is 0.407 e. The van der Waals surface area contributed by atoms with Gasteiger partial charge in [-0.2, -0.15) is 10.4 Å². The number of rotatable bonds is 10. The highest BCUT2D eigenvalue weighted by Crippen LogP contribution is 2.30. The zero-order chi connectivity index (χ0) is 22.9. The second-order valence-electron chi connectivity index (χ2n) is 7.08. The highest BCUT2D eigenvalue weighted by atomic mass is 16.5. The summed E-state index contributed by atoms with van der Waals surface area (Å²) < 4.78 is 12.4. The fraction of sp³-hybridized carbons (Fsp3) is 0.304. The van der Waals surface area contributed by atoms with Crippen LogP contribution in [0.4, 0.5) is 10.6 Å². The van der Waals surface area contributed by atoms with Crippen LogP contribution in [0.1, 0.15) is 19.4 Å². The summed E-state index contributed by atoms with van der Waals surface area (Å²) in [7, 11) is 0. The number of hydrogen-bond acceptors (Lipinski definition) is 7. The number of carbonyl (C=O) groups is 1. The number of fused-ring (bicyclic) bond motifs is 1. The van der Waals surface area contributed by atoms with Gasteiger partial charge in [-0.05, 0) is 25.1 Å². The van der Waals surface area contributed by atoms with Crippen molar-refractivity contribution >= 4 is 17.4 Å². The molecule has 0 aliphatic heterocycles. The molecule has 2 N–H and O–H groups in total. The first-order valence-corrected chi connectivity index (χ1v) is 10.3. The van der Waals surface area contributed by atoms with Gasteiger partial charge >= 0.3 is 6.09 Å². The Morgan fingerprint density at radius 2 is 2.22 bits per heavy atom. The van der Waals surface area contributed by atoms with Crippen LogP contribution in [0.25, 0.3) is 16.6 Å². The number of alkyl carbamates (subject to hydrolysis) is 1. The fourth-order valence-corrected chi connectivity index (χ4v) is 2.98. The molecule has 3 rings (SSSR count). The number of nitriles is 1. The lowest BCUT2D eigenvalue weighted by Crippen LogP contribution is -2.30. The summed E-state index contributed by atoms with van der Waals surface area (Å²) in [6.45, 7) is 9.18. The first-order chi connectivity index (χ1) is 15.5. The molecule has 0 aliphatic carbocycles. The van der Waals surface area contributed by atoms with Gasteiger partial charge in [0.2, 0.25) is 0 Å². The monoisotopic (exact) mass is 434 g/mol. The molecule has 0 aliphatic rings. The van der Waals surface area contributed by atoms with E-state index in [9.17, 15) is 10.1 Å². The Morgan fingerprint density at radius 1 is 1.38 bits per heavy atom. The van der Waals surface area contributed by atoms with Crippen LogP contribution in [-0.4, -0.2) is 47.0 Å². The number of aromatic nitrogens is 3. The Labute approximate surface area is 186 Å². The molecule has 1 atom stereocenters. The van der Waals surface area contributed by atoms with E-state index in [-0.39, 0.29) is 5.92 Å². The summed E-state index contributed by atoms with van der Waals surface area (Å²) in [5, 5.41) is 19.5. The molecule has 3 aromatic rings. The average Bonchev–Trinajstić information content (AvgIpc) is 3.23. The Bertz CT molecular complexity index is 1120. The molecule has 0 aromatic carbocycles. The van der Waals surface area contributed by atoms with Gasteiger partial charge in [0.1, 0.15) is 17.6 Å². The SMILES string of the molecule is C=CC(C)COC(=O)NCCNc1ccc(-c2cc(OCC)cn3ncc(C#N)c23)cn1. The van der Waals surface area contributed by atoms with Gasteiger partial charge in [0.05, 0.1) is 36.7 Å². The van der Waals surface area contributed by atoms with Crippen LogP contribution in [0.2, 0.25) is 0 Å². The van der Waals surface area contributed by atoms with E-state index in [1.54, 1.807) is 23.0 Å². The van der Waals surface area contributed by atoms with Gasteiger partial charge in [0, 0.05) is 36.3 Å². The number of anilines is 1. The molecule has 166 valence electrons. The van der Waals surface area contributed by atoms with E-state index in [0.717, 1.165) is 11.1 Å². The van der Waals surface area contributed by atoms with E-state index in [2.05, 4.69) is 33.4 Å². The van der Waals surface area contributed by atoms with Crippen molar-refractivity contribution in [2.45, 2.75) is 13.8 Å². The van der Waals surface area contributed by atoms with Crippen LogP contribution in [-0.2, 0) is 4.74 Å². The highest BCUT2D eigenvalue weighted by Gasteiger charge is 2.14. The molecule has 3 heterocycles. The number of nitrogens with zero attached hydrogens (tertiary/aromatic N) is 4. The maximum Gasteiger partial charge on any atom is 0.407 e. The molecule has 0 bridgehead atoms. The molecule has 1 amide bonds. The Balaban J connectivity index is 1.64. The van der Waals surface area contributed by atoms with E-state index in [4.69, 9.17) is 9.47 Å². The summed E-state index contributed by atoms with van der Waals surface area (Å²) in [4.78, 5) is 16.1. The van der Waals surface area contributed by atoms with Gasteiger partial charge < -0.3 is 20.1 Å². The lowest BCUT2D eigenvalue weighted by atomic mass is 10.1. The lowest BCUT2D eigenvalue weighted by Gasteiger charge is -2.11. The summed E-state index contributed by atoms with van der Waals surface area (Å²) in [6, 6.07) is 7.81. The van der Waals surface area contributed by atoms with Crippen molar-refractivity contribution in [3.63, 3.8) is 0 Å². The van der Waals surface area contributed by atoms with Crippen LogP contribution in [0.15, 0.2) is 49.4 Å². The van der Waals surface area contributed by atoms with Crippen molar-refractivity contribution in [3.8, 4) is 22.9 Å². The lowest BCUT2D eigenvalue weighted by molar-refractivity contribution is 0.137. The molecule has 0 saturated heterocycles. The molecule has 0 radical (unpaired) electrons. The summed E-state index contributed by atoms with van der Waals surface area (Å²) in [6.07, 6.45) is 6.28. The quantitative estimate of drug-likeness (QED) is 0.370. The molecule has 1 unspecified atom stereocenters. The van der Waals surface area contributed by atoms with Crippen molar-refractivity contribution in [1.82, 2.24) is 19.9 Å². The number of pyridine rings is 2. The van der Waals surface area contributed by atoms with Gasteiger partial charge in [-0.1, -0.05) is 13.0 Å². The number of nitrogens with one attached hydrogen (secondary N) is 2. The topological polar surface area (TPSA) is 114 Å². The largest absolute Gasteiger partial charge is 0.492 e. The van der Waals surface area contributed by atoms with Gasteiger partial charge in [0.15, 0.2) is 0 Å². The number of ether oxygens (including phenoxy) is 2. The van der Waals surface area contributed by atoms with Crippen molar-refractivity contribution in [1.29, 1.82) is 5.26 Å². The van der Waals surface area contributed by atoms with Gasteiger partial charge in [-0.15, -0.1) is 6.58 Å². The predicted molar refractivity (Wildman–Crippen MR) is 122 cm³/mol. The van der Waals surface area contributed by atoms with Gasteiger partial charge in [-0.25, -0.2) is 14.3 Å². The van der Waals surface area contributed by atoms with Crippen molar-refractivity contribution in [3.05, 3.63) is 55.0 Å².